The van der Waals surface area contributed by atoms with Gasteiger partial charge in [-0.1, -0.05) is 18.2 Å². The lowest BCUT2D eigenvalue weighted by Gasteiger charge is -2.22. The van der Waals surface area contributed by atoms with Crippen molar-refractivity contribution in [2.24, 2.45) is 0 Å². The lowest BCUT2D eigenvalue weighted by atomic mass is 10.2. The molecule has 1 rings (SSSR count). The highest BCUT2D eigenvalue weighted by Gasteiger charge is 2.02. The molecular weight excluding hydrogens is 200 g/mol. The van der Waals surface area contributed by atoms with Crippen LogP contribution in [0, 0.1) is 0 Å². The molecule has 0 saturated carbocycles. The molecule has 0 saturated heterocycles. The largest absolute Gasteiger partial charge is 0.372 e. The van der Waals surface area contributed by atoms with Gasteiger partial charge in [-0.15, -0.1) is 0 Å². The van der Waals surface area contributed by atoms with Gasteiger partial charge >= 0.3 is 0 Å². The minimum absolute atomic E-state index is 0.0442. The number of hydrogen-bond acceptors (Lipinski definition) is 2. The topological polar surface area (TPSA) is 32.3 Å². The molecule has 1 amide bonds. The molecule has 0 spiro atoms. The number of rotatable bonds is 6. The number of benzene rings is 1. The molecule has 0 aliphatic heterocycles. The Kier molecular flexibility index (Phi) is 5.40. The standard InChI is InChI=1S/C13H20N2O/c1-3-15(11-7-10-14-12(2)16)13-8-5-4-6-9-13/h4-6,8-9H,3,7,10-11H2,1-2H3,(H,14,16). The van der Waals surface area contributed by atoms with E-state index in [0.29, 0.717) is 0 Å². The minimum Gasteiger partial charge on any atom is -0.372 e. The van der Waals surface area contributed by atoms with Crippen LogP contribution in [0.3, 0.4) is 0 Å². The van der Waals surface area contributed by atoms with E-state index in [2.05, 4.69) is 29.3 Å². The van der Waals surface area contributed by atoms with Crippen LogP contribution in [0.2, 0.25) is 0 Å². The molecule has 3 nitrogen and oxygen atoms in total. The Hall–Kier alpha value is -1.51. The van der Waals surface area contributed by atoms with Gasteiger partial charge in [-0.3, -0.25) is 4.79 Å². The summed E-state index contributed by atoms with van der Waals surface area (Å²) in [5, 5.41) is 2.81. The monoisotopic (exact) mass is 220 g/mol. The zero-order chi connectivity index (χ0) is 11.8. The number of nitrogens with one attached hydrogen (secondary N) is 1. The van der Waals surface area contributed by atoms with E-state index in [0.717, 1.165) is 26.1 Å². The van der Waals surface area contributed by atoms with Gasteiger partial charge < -0.3 is 10.2 Å². The first-order valence-corrected chi connectivity index (χ1v) is 5.78. The first kappa shape index (κ1) is 12.6. The van der Waals surface area contributed by atoms with E-state index in [1.807, 2.05) is 18.2 Å². The summed E-state index contributed by atoms with van der Waals surface area (Å²) < 4.78 is 0. The molecule has 0 bridgehead atoms. The quantitative estimate of drug-likeness (QED) is 0.744. The van der Waals surface area contributed by atoms with Crippen molar-refractivity contribution < 1.29 is 4.79 Å². The Bertz CT molecular complexity index is 311. The summed E-state index contributed by atoms with van der Waals surface area (Å²) in [4.78, 5) is 13.0. The second-order valence-corrected chi connectivity index (χ2v) is 3.75. The Labute approximate surface area is 97.5 Å². The fraction of sp³-hybridized carbons (Fsp3) is 0.462. The average molecular weight is 220 g/mol. The molecule has 88 valence electrons. The van der Waals surface area contributed by atoms with Crippen LogP contribution in [0.1, 0.15) is 20.3 Å². The highest BCUT2D eigenvalue weighted by Crippen LogP contribution is 2.12. The molecule has 3 heteroatoms. The second kappa shape index (κ2) is 6.88. The summed E-state index contributed by atoms with van der Waals surface area (Å²) >= 11 is 0. The van der Waals surface area contributed by atoms with Crippen LogP contribution in [0.25, 0.3) is 0 Å². The fourth-order valence-electron chi connectivity index (χ4n) is 1.64. The van der Waals surface area contributed by atoms with Crippen LogP contribution in [-0.2, 0) is 4.79 Å². The third kappa shape index (κ3) is 4.34. The molecule has 0 aliphatic carbocycles. The van der Waals surface area contributed by atoms with Crippen molar-refractivity contribution in [2.75, 3.05) is 24.5 Å². The van der Waals surface area contributed by atoms with Crippen molar-refractivity contribution in [1.82, 2.24) is 5.32 Å². The van der Waals surface area contributed by atoms with Crippen molar-refractivity contribution >= 4 is 11.6 Å². The summed E-state index contributed by atoms with van der Waals surface area (Å²) in [7, 11) is 0. The predicted octanol–water partition coefficient (Wildman–Crippen LogP) is 2.04. The number of amides is 1. The number of anilines is 1. The van der Waals surface area contributed by atoms with Gasteiger partial charge in [-0.05, 0) is 25.5 Å². The van der Waals surface area contributed by atoms with Gasteiger partial charge in [0, 0.05) is 32.2 Å². The maximum absolute atomic E-state index is 10.7. The maximum Gasteiger partial charge on any atom is 0.216 e. The van der Waals surface area contributed by atoms with Crippen LogP contribution in [-0.4, -0.2) is 25.5 Å². The SMILES string of the molecule is CCN(CCCNC(C)=O)c1ccccc1. The second-order valence-electron chi connectivity index (χ2n) is 3.75. The predicted molar refractivity (Wildman–Crippen MR) is 67.6 cm³/mol. The molecule has 0 aliphatic rings. The van der Waals surface area contributed by atoms with Gasteiger partial charge in [0.2, 0.25) is 5.91 Å². The average Bonchev–Trinajstić information content (AvgIpc) is 2.30. The first-order valence-electron chi connectivity index (χ1n) is 5.78. The minimum atomic E-state index is 0.0442. The molecule has 1 aromatic rings. The van der Waals surface area contributed by atoms with Gasteiger partial charge in [0.1, 0.15) is 0 Å². The van der Waals surface area contributed by atoms with Crippen LogP contribution in [0.15, 0.2) is 30.3 Å². The third-order valence-electron chi connectivity index (χ3n) is 2.48. The summed E-state index contributed by atoms with van der Waals surface area (Å²) in [5.74, 6) is 0.0442. The molecule has 0 radical (unpaired) electrons. The van der Waals surface area contributed by atoms with E-state index in [4.69, 9.17) is 0 Å². The smallest absolute Gasteiger partial charge is 0.216 e. The van der Waals surface area contributed by atoms with E-state index in [1.54, 1.807) is 6.92 Å². The lowest BCUT2D eigenvalue weighted by Crippen LogP contribution is -2.28. The number of hydrogen-bond donors (Lipinski definition) is 1. The normalized spacial score (nSPS) is 9.88. The molecule has 0 atom stereocenters. The maximum atomic E-state index is 10.7. The molecule has 0 fully saturated rings. The molecule has 0 unspecified atom stereocenters. The molecule has 0 aromatic heterocycles. The Morgan fingerprint density at radius 3 is 2.56 bits per heavy atom. The summed E-state index contributed by atoms with van der Waals surface area (Å²) in [6.45, 7) is 6.41. The Morgan fingerprint density at radius 2 is 2.00 bits per heavy atom. The summed E-state index contributed by atoms with van der Waals surface area (Å²) in [6.07, 6.45) is 0.975. The van der Waals surface area contributed by atoms with Crippen LogP contribution >= 0.6 is 0 Å². The summed E-state index contributed by atoms with van der Waals surface area (Å²) in [6, 6.07) is 10.3. The molecule has 1 N–H and O–H groups in total. The van der Waals surface area contributed by atoms with Crippen molar-refractivity contribution in [2.45, 2.75) is 20.3 Å². The van der Waals surface area contributed by atoms with Gasteiger partial charge in [0.15, 0.2) is 0 Å². The van der Waals surface area contributed by atoms with Crippen molar-refractivity contribution in [3.8, 4) is 0 Å². The third-order valence-corrected chi connectivity index (χ3v) is 2.48. The van der Waals surface area contributed by atoms with E-state index in [-0.39, 0.29) is 5.91 Å². The van der Waals surface area contributed by atoms with E-state index >= 15 is 0 Å². The van der Waals surface area contributed by atoms with Gasteiger partial charge in [0.05, 0.1) is 0 Å². The van der Waals surface area contributed by atoms with E-state index in [9.17, 15) is 4.79 Å². The molecule has 16 heavy (non-hydrogen) atoms. The lowest BCUT2D eigenvalue weighted by molar-refractivity contribution is -0.118. The zero-order valence-corrected chi connectivity index (χ0v) is 10.1. The van der Waals surface area contributed by atoms with Crippen LogP contribution in [0.4, 0.5) is 5.69 Å². The van der Waals surface area contributed by atoms with Crippen LogP contribution < -0.4 is 10.2 Å². The first-order chi connectivity index (χ1) is 7.74. The Morgan fingerprint density at radius 1 is 1.31 bits per heavy atom. The van der Waals surface area contributed by atoms with Crippen LogP contribution in [0.5, 0.6) is 0 Å². The number of para-hydroxylation sites is 1. The van der Waals surface area contributed by atoms with E-state index < -0.39 is 0 Å². The molecule has 1 aromatic carbocycles. The Balaban J connectivity index is 2.35. The van der Waals surface area contributed by atoms with Crippen molar-refractivity contribution in [3.63, 3.8) is 0 Å². The molecule has 0 heterocycles. The van der Waals surface area contributed by atoms with Gasteiger partial charge in [-0.25, -0.2) is 0 Å². The van der Waals surface area contributed by atoms with Gasteiger partial charge in [0.25, 0.3) is 0 Å². The molecular formula is C13H20N2O. The van der Waals surface area contributed by atoms with E-state index in [1.165, 1.54) is 5.69 Å². The van der Waals surface area contributed by atoms with Crippen molar-refractivity contribution in [1.29, 1.82) is 0 Å². The summed E-state index contributed by atoms with van der Waals surface area (Å²) in [5.41, 5.74) is 1.24. The highest BCUT2D eigenvalue weighted by atomic mass is 16.1. The number of carbonyl (C=O) groups is 1. The van der Waals surface area contributed by atoms with Gasteiger partial charge in [-0.2, -0.15) is 0 Å². The number of nitrogens with zero attached hydrogens (tertiary/aromatic N) is 1. The zero-order valence-electron chi connectivity index (χ0n) is 10.1. The highest BCUT2D eigenvalue weighted by molar-refractivity contribution is 5.72. The number of carbonyl (C=O) groups excluding carboxylic acids is 1. The fourth-order valence-corrected chi connectivity index (χ4v) is 1.64. The van der Waals surface area contributed by atoms with Crippen molar-refractivity contribution in [3.05, 3.63) is 30.3 Å².